The van der Waals surface area contributed by atoms with Crippen LogP contribution in [0.4, 0.5) is 0 Å². The van der Waals surface area contributed by atoms with Gasteiger partial charge in [-0.05, 0) is 73.2 Å². The van der Waals surface area contributed by atoms with Crippen molar-refractivity contribution in [2.24, 2.45) is 34.5 Å². The monoisotopic (exact) mass is 447 g/mol. The van der Waals surface area contributed by atoms with Gasteiger partial charge in [0.25, 0.3) is 0 Å². The molecule has 4 aliphatic rings. The van der Waals surface area contributed by atoms with Crippen molar-refractivity contribution >= 4 is 12.1 Å². The van der Waals surface area contributed by atoms with Crippen LogP contribution in [0.3, 0.4) is 0 Å². The molecule has 4 rings (SSSR count). The molecule has 0 aromatic heterocycles. The summed E-state index contributed by atoms with van der Waals surface area (Å²) in [5, 5.41) is 20.7. The SMILES string of the molecule is CC1CC(O)C(O)CC1(C)C1CCC2(C)C(C(=O)CN3CCOCC3)CCC2/C1=C/C=O. The zero-order chi connectivity index (χ0) is 23.1. The summed E-state index contributed by atoms with van der Waals surface area (Å²) in [5.74, 6) is 1.08. The molecule has 3 aliphatic carbocycles. The summed E-state index contributed by atoms with van der Waals surface area (Å²) >= 11 is 0. The van der Waals surface area contributed by atoms with Gasteiger partial charge in [0, 0.05) is 19.0 Å². The second-order valence-electron chi connectivity index (χ2n) is 11.4. The number of carbonyl (C=O) groups excluding carboxylic acids is 2. The molecule has 0 aromatic carbocycles. The third-order valence-corrected chi connectivity index (χ3v) is 9.85. The number of aldehydes is 1. The maximum atomic E-state index is 13.4. The number of aliphatic hydroxyl groups is 2. The Hall–Kier alpha value is -1.08. The molecule has 6 nitrogen and oxygen atoms in total. The average Bonchev–Trinajstić information content (AvgIpc) is 3.11. The van der Waals surface area contributed by atoms with Gasteiger partial charge in [-0.25, -0.2) is 0 Å². The number of hydrogen-bond donors (Lipinski definition) is 2. The molecule has 0 bridgehead atoms. The van der Waals surface area contributed by atoms with E-state index in [0.717, 1.165) is 45.1 Å². The molecular formula is C26H41NO5. The van der Waals surface area contributed by atoms with E-state index in [9.17, 15) is 19.8 Å². The van der Waals surface area contributed by atoms with Crippen LogP contribution < -0.4 is 0 Å². The van der Waals surface area contributed by atoms with Gasteiger partial charge >= 0.3 is 0 Å². The van der Waals surface area contributed by atoms with Crippen LogP contribution in [0, 0.1) is 34.5 Å². The summed E-state index contributed by atoms with van der Waals surface area (Å²) in [7, 11) is 0. The Morgan fingerprint density at radius 1 is 1.09 bits per heavy atom. The Bertz CT molecular complexity index is 746. The number of aliphatic hydroxyl groups excluding tert-OH is 2. The van der Waals surface area contributed by atoms with E-state index in [0.29, 0.717) is 38.4 Å². The van der Waals surface area contributed by atoms with E-state index < -0.39 is 12.2 Å². The molecule has 180 valence electrons. The van der Waals surface area contributed by atoms with Crippen LogP contribution in [0.15, 0.2) is 11.6 Å². The molecule has 0 amide bonds. The topological polar surface area (TPSA) is 87.1 Å². The molecule has 1 aliphatic heterocycles. The highest BCUT2D eigenvalue weighted by atomic mass is 16.5. The van der Waals surface area contributed by atoms with Crippen LogP contribution in [-0.4, -0.2) is 72.2 Å². The molecule has 0 radical (unpaired) electrons. The quantitative estimate of drug-likeness (QED) is 0.498. The number of ketones is 1. The molecule has 4 fully saturated rings. The van der Waals surface area contributed by atoms with Gasteiger partial charge in [-0.1, -0.05) is 26.3 Å². The molecule has 6 heteroatoms. The van der Waals surface area contributed by atoms with E-state index in [1.807, 2.05) is 0 Å². The van der Waals surface area contributed by atoms with E-state index in [4.69, 9.17) is 4.74 Å². The number of rotatable bonds is 5. The highest BCUT2D eigenvalue weighted by Crippen LogP contribution is 2.63. The number of fused-ring (bicyclic) bond motifs is 1. The maximum Gasteiger partial charge on any atom is 0.150 e. The van der Waals surface area contributed by atoms with E-state index in [1.54, 1.807) is 6.08 Å². The van der Waals surface area contributed by atoms with E-state index >= 15 is 0 Å². The first-order chi connectivity index (χ1) is 15.2. The van der Waals surface area contributed by atoms with Crippen LogP contribution in [0.2, 0.25) is 0 Å². The van der Waals surface area contributed by atoms with Crippen molar-refractivity contribution in [3.63, 3.8) is 0 Å². The van der Waals surface area contributed by atoms with Crippen LogP contribution in [0.25, 0.3) is 0 Å². The third-order valence-electron chi connectivity index (χ3n) is 9.85. The lowest BCUT2D eigenvalue weighted by molar-refractivity contribution is -0.130. The number of morpholine rings is 1. The number of ether oxygens (including phenoxy) is 1. The minimum absolute atomic E-state index is 0.0374. The Morgan fingerprint density at radius 3 is 2.47 bits per heavy atom. The highest BCUT2D eigenvalue weighted by Gasteiger charge is 2.58. The number of allylic oxidation sites excluding steroid dienone is 2. The van der Waals surface area contributed by atoms with Crippen LogP contribution in [0.1, 0.15) is 59.3 Å². The molecule has 2 N–H and O–H groups in total. The summed E-state index contributed by atoms with van der Waals surface area (Å²) in [6.07, 6.45) is 6.19. The Labute approximate surface area is 192 Å². The summed E-state index contributed by atoms with van der Waals surface area (Å²) in [5.41, 5.74) is 0.916. The fraction of sp³-hybridized carbons (Fsp3) is 0.846. The predicted molar refractivity (Wildman–Crippen MR) is 122 cm³/mol. The number of hydrogen-bond acceptors (Lipinski definition) is 6. The molecule has 0 aromatic rings. The van der Waals surface area contributed by atoms with Crippen molar-refractivity contribution in [2.75, 3.05) is 32.8 Å². The average molecular weight is 448 g/mol. The van der Waals surface area contributed by atoms with Crippen molar-refractivity contribution in [1.29, 1.82) is 0 Å². The Morgan fingerprint density at radius 2 is 1.78 bits per heavy atom. The van der Waals surface area contributed by atoms with Crippen LogP contribution in [-0.2, 0) is 14.3 Å². The summed E-state index contributed by atoms with van der Waals surface area (Å²) < 4.78 is 5.43. The lowest BCUT2D eigenvalue weighted by Crippen LogP contribution is -2.51. The number of Topliss-reactive ketones (excluding diaryl/α,β-unsaturated/α-hetero) is 1. The lowest BCUT2D eigenvalue weighted by atomic mass is 9.50. The summed E-state index contributed by atoms with van der Waals surface area (Å²) in [4.78, 5) is 27.3. The van der Waals surface area contributed by atoms with E-state index in [2.05, 4.69) is 25.7 Å². The first-order valence-corrected chi connectivity index (χ1v) is 12.5. The Balaban J connectivity index is 1.56. The van der Waals surface area contributed by atoms with Gasteiger partial charge in [-0.3, -0.25) is 14.5 Å². The molecule has 32 heavy (non-hydrogen) atoms. The van der Waals surface area contributed by atoms with Gasteiger partial charge in [0.1, 0.15) is 12.1 Å². The second-order valence-corrected chi connectivity index (χ2v) is 11.4. The standard InChI is InChI=1S/C26H41NO5/c1-17-14-22(29)23(30)15-26(17,3)20-6-8-25(2)19(18(20)7-11-28)4-5-21(25)24(31)16-27-9-12-32-13-10-27/h7,11,17,19-23,29-30H,4-6,8-10,12-16H2,1-3H3/b18-7-. The third kappa shape index (κ3) is 4.13. The molecular weight excluding hydrogens is 406 g/mol. The molecule has 1 saturated heterocycles. The minimum Gasteiger partial charge on any atom is -0.390 e. The first-order valence-electron chi connectivity index (χ1n) is 12.5. The first kappa shape index (κ1) is 24.1. The van der Waals surface area contributed by atoms with Gasteiger partial charge in [-0.2, -0.15) is 0 Å². The van der Waals surface area contributed by atoms with Gasteiger partial charge in [0.15, 0.2) is 0 Å². The smallest absolute Gasteiger partial charge is 0.150 e. The zero-order valence-corrected chi connectivity index (χ0v) is 20.0. The largest absolute Gasteiger partial charge is 0.390 e. The van der Waals surface area contributed by atoms with Crippen LogP contribution in [0.5, 0.6) is 0 Å². The fourth-order valence-electron chi connectivity index (χ4n) is 7.70. The normalized spacial score (nSPS) is 46.7. The number of nitrogens with zero attached hydrogens (tertiary/aromatic N) is 1. The van der Waals surface area contributed by atoms with Crippen molar-refractivity contribution in [1.82, 2.24) is 4.90 Å². The van der Waals surface area contributed by atoms with Crippen molar-refractivity contribution in [3.05, 3.63) is 11.6 Å². The zero-order valence-electron chi connectivity index (χ0n) is 20.0. The Kier molecular flexibility index (Phi) is 6.98. The molecule has 8 unspecified atom stereocenters. The fourth-order valence-corrected chi connectivity index (χ4v) is 7.70. The van der Waals surface area contributed by atoms with Crippen molar-refractivity contribution in [3.8, 4) is 0 Å². The van der Waals surface area contributed by atoms with Gasteiger partial charge in [0.2, 0.25) is 0 Å². The lowest BCUT2D eigenvalue weighted by Gasteiger charge is -2.55. The van der Waals surface area contributed by atoms with Gasteiger partial charge < -0.3 is 14.9 Å². The van der Waals surface area contributed by atoms with Crippen molar-refractivity contribution < 1.29 is 24.5 Å². The van der Waals surface area contributed by atoms with Gasteiger partial charge in [-0.15, -0.1) is 0 Å². The van der Waals surface area contributed by atoms with E-state index in [-0.39, 0.29) is 34.5 Å². The molecule has 8 atom stereocenters. The minimum atomic E-state index is -0.714. The molecule has 1 heterocycles. The highest BCUT2D eigenvalue weighted by molar-refractivity contribution is 5.84. The molecule has 0 spiro atoms. The maximum absolute atomic E-state index is 13.4. The summed E-state index contributed by atoms with van der Waals surface area (Å²) in [6, 6.07) is 0. The van der Waals surface area contributed by atoms with Crippen molar-refractivity contribution in [2.45, 2.75) is 71.5 Å². The molecule has 3 saturated carbocycles. The number of carbonyl (C=O) groups is 2. The van der Waals surface area contributed by atoms with Crippen LogP contribution >= 0.6 is 0 Å². The van der Waals surface area contributed by atoms with E-state index in [1.165, 1.54) is 5.57 Å². The summed E-state index contributed by atoms with van der Waals surface area (Å²) in [6.45, 7) is 10.2. The predicted octanol–water partition coefficient (Wildman–Crippen LogP) is 2.61. The van der Waals surface area contributed by atoms with Gasteiger partial charge in [0.05, 0.1) is 32.0 Å². The second kappa shape index (κ2) is 9.28.